The molecule has 110 valence electrons. The first-order chi connectivity index (χ1) is 10.2. The standard InChI is InChI=1S/C17H20IN3/c1-3-7-13-14(18)15(19-2)21-16(20-13)17(10-11-17)12-8-5-4-6-9-12/h4-6,8-9H,3,7,10-11H2,1-2H3,(H,19,20,21). The van der Waals surface area contributed by atoms with Crippen LogP contribution < -0.4 is 5.32 Å². The van der Waals surface area contributed by atoms with Crippen molar-refractivity contribution in [3.8, 4) is 0 Å². The zero-order valence-electron chi connectivity index (χ0n) is 12.5. The van der Waals surface area contributed by atoms with Crippen LogP contribution in [0.15, 0.2) is 30.3 Å². The van der Waals surface area contributed by atoms with E-state index in [0.29, 0.717) is 0 Å². The average Bonchev–Trinajstić information content (AvgIpc) is 3.32. The highest BCUT2D eigenvalue weighted by molar-refractivity contribution is 14.1. The van der Waals surface area contributed by atoms with Crippen molar-refractivity contribution in [2.45, 2.75) is 38.0 Å². The van der Waals surface area contributed by atoms with Crippen molar-refractivity contribution >= 4 is 28.4 Å². The van der Waals surface area contributed by atoms with E-state index in [2.05, 4.69) is 65.2 Å². The minimum absolute atomic E-state index is 0.0414. The van der Waals surface area contributed by atoms with Gasteiger partial charge in [0.2, 0.25) is 0 Å². The molecule has 0 saturated heterocycles. The van der Waals surface area contributed by atoms with Gasteiger partial charge in [-0.3, -0.25) is 0 Å². The van der Waals surface area contributed by atoms with Gasteiger partial charge in [0.15, 0.2) is 0 Å². The van der Waals surface area contributed by atoms with Crippen molar-refractivity contribution < 1.29 is 0 Å². The molecule has 1 saturated carbocycles. The molecule has 3 rings (SSSR count). The molecule has 2 aromatic rings. The Morgan fingerprint density at radius 1 is 1.19 bits per heavy atom. The zero-order valence-corrected chi connectivity index (χ0v) is 14.6. The minimum atomic E-state index is 0.0414. The van der Waals surface area contributed by atoms with Crippen molar-refractivity contribution in [3.05, 3.63) is 51.0 Å². The molecule has 0 aliphatic heterocycles. The molecule has 4 heteroatoms. The molecule has 0 unspecified atom stereocenters. The van der Waals surface area contributed by atoms with Gasteiger partial charge in [0.05, 0.1) is 14.7 Å². The van der Waals surface area contributed by atoms with Gasteiger partial charge in [-0.05, 0) is 47.4 Å². The van der Waals surface area contributed by atoms with Crippen molar-refractivity contribution in [1.82, 2.24) is 9.97 Å². The average molecular weight is 393 g/mol. The Morgan fingerprint density at radius 2 is 1.90 bits per heavy atom. The lowest BCUT2D eigenvalue weighted by atomic mass is 9.95. The van der Waals surface area contributed by atoms with Crippen molar-refractivity contribution in [2.24, 2.45) is 0 Å². The molecule has 1 aromatic heterocycles. The normalized spacial score (nSPS) is 15.8. The van der Waals surface area contributed by atoms with Crippen LogP contribution in [0.1, 0.15) is 43.3 Å². The Balaban J connectivity index is 2.08. The Morgan fingerprint density at radius 3 is 2.48 bits per heavy atom. The Hall–Kier alpha value is -1.17. The molecular formula is C17H20IN3. The highest BCUT2D eigenvalue weighted by atomic mass is 127. The van der Waals surface area contributed by atoms with Gasteiger partial charge >= 0.3 is 0 Å². The highest BCUT2D eigenvalue weighted by Crippen LogP contribution is 2.52. The van der Waals surface area contributed by atoms with Gasteiger partial charge in [-0.25, -0.2) is 9.97 Å². The summed E-state index contributed by atoms with van der Waals surface area (Å²) in [6, 6.07) is 10.7. The zero-order chi connectivity index (χ0) is 14.9. The summed E-state index contributed by atoms with van der Waals surface area (Å²) in [6.45, 7) is 2.20. The topological polar surface area (TPSA) is 37.8 Å². The molecule has 3 nitrogen and oxygen atoms in total. The molecule has 0 radical (unpaired) electrons. The second kappa shape index (κ2) is 5.91. The van der Waals surface area contributed by atoms with Crippen molar-refractivity contribution in [1.29, 1.82) is 0 Å². The van der Waals surface area contributed by atoms with Crippen LogP contribution in [0.3, 0.4) is 0 Å². The number of nitrogens with zero attached hydrogens (tertiary/aromatic N) is 2. The summed E-state index contributed by atoms with van der Waals surface area (Å²) < 4.78 is 1.16. The summed E-state index contributed by atoms with van der Waals surface area (Å²) in [5.41, 5.74) is 2.56. The summed E-state index contributed by atoms with van der Waals surface area (Å²) in [6.07, 6.45) is 4.40. The fraction of sp³-hybridized carbons (Fsp3) is 0.412. The van der Waals surface area contributed by atoms with Crippen LogP contribution in [-0.4, -0.2) is 17.0 Å². The Labute approximate surface area is 139 Å². The SMILES string of the molecule is CCCc1nc(C2(c3ccccc3)CC2)nc(NC)c1I. The first-order valence-electron chi connectivity index (χ1n) is 7.51. The molecule has 21 heavy (non-hydrogen) atoms. The summed E-state index contributed by atoms with van der Waals surface area (Å²) >= 11 is 2.36. The van der Waals surface area contributed by atoms with Crippen LogP contribution in [0, 0.1) is 3.57 Å². The van der Waals surface area contributed by atoms with Gasteiger partial charge in [0.1, 0.15) is 11.6 Å². The number of anilines is 1. The summed E-state index contributed by atoms with van der Waals surface area (Å²) in [5, 5.41) is 3.23. The van der Waals surface area contributed by atoms with Gasteiger partial charge in [0, 0.05) is 7.05 Å². The number of rotatable bonds is 5. The third kappa shape index (κ3) is 2.65. The number of halogens is 1. The van der Waals surface area contributed by atoms with Gasteiger partial charge in [-0.1, -0.05) is 43.7 Å². The molecular weight excluding hydrogens is 373 g/mol. The molecule has 0 atom stereocenters. The van der Waals surface area contributed by atoms with Crippen LogP contribution in [0.25, 0.3) is 0 Å². The molecule has 0 spiro atoms. The van der Waals surface area contributed by atoms with Gasteiger partial charge < -0.3 is 5.32 Å². The van der Waals surface area contributed by atoms with E-state index in [4.69, 9.17) is 9.97 Å². The maximum Gasteiger partial charge on any atom is 0.143 e. The largest absolute Gasteiger partial charge is 0.372 e. The Kier molecular flexibility index (Phi) is 4.15. The first-order valence-corrected chi connectivity index (χ1v) is 8.59. The number of hydrogen-bond donors (Lipinski definition) is 1. The van der Waals surface area contributed by atoms with E-state index in [1.54, 1.807) is 0 Å². The maximum atomic E-state index is 4.92. The lowest BCUT2D eigenvalue weighted by molar-refractivity contribution is 0.730. The van der Waals surface area contributed by atoms with Crippen molar-refractivity contribution in [2.75, 3.05) is 12.4 Å². The first kappa shape index (κ1) is 14.8. The number of aryl methyl sites for hydroxylation is 1. The molecule has 0 bridgehead atoms. The molecule has 1 aliphatic rings. The van der Waals surface area contributed by atoms with Crippen LogP contribution in [-0.2, 0) is 11.8 Å². The second-order valence-electron chi connectivity index (χ2n) is 5.60. The minimum Gasteiger partial charge on any atom is -0.372 e. The monoisotopic (exact) mass is 393 g/mol. The van der Waals surface area contributed by atoms with Crippen molar-refractivity contribution in [3.63, 3.8) is 0 Å². The van der Waals surface area contributed by atoms with Gasteiger partial charge in [0.25, 0.3) is 0 Å². The quantitative estimate of drug-likeness (QED) is 0.776. The third-order valence-corrected chi connectivity index (χ3v) is 5.28. The van der Waals surface area contributed by atoms with E-state index in [9.17, 15) is 0 Å². The van der Waals surface area contributed by atoms with Crippen LogP contribution in [0.5, 0.6) is 0 Å². The predicted octanol–water partition coefficient (Wildman–Crippen LogP) is 4.16. The van der Waals surface area contributed by atoms with E-state index in [1.807, 2.05) is 7.05 Å². The summed E-state index contributed by atoms with van der Waals surface area (Å²) in [7, 11) is 1.94. The smallest absolute Gasteiger partial charge is 0.143 e. The second-order valence-corrected chi connectivity index (χ2v) is 6.68. The van der Waals surface area contributed by atoms with E-state index in [0.717, 1.165) is 40.9 Å². The number of aromatic nitrogens is 2. The number of nitrogens with one attached hydrogen (secondary N) is 1. The molecule has 1 fully saturated rings. The van der Waals surface area contributed by atoms with Crippen LogP contribution in [0.4, 0.5) is 5.82 Å². The number of benzene rings is 1. The lowest BCUT2D eigenvalue weighted by Gasteiger charge is -2.18. The fourth-order valence-corrected chi connectivity index (χ4v) is 3.58. The van der Waals surface area contributed by atoms with E-state index in [1.165, 1.54) is 11.3 Å². The highest BCUT2D eigenvalue weighted by Gasteiger charge is 2.49. The van der Waals surface area contributed by atoms with E-state index >= 15 is 0 Å². The summed E-state index contributed by atoms with van der Waals surface area (Å²) in [5.74, 6) is 1.95. The van der Waals surface area contributed by atoms with E-state index in [-0.39, 0.29) is 5.41 Å². The number of hydrogen-bond acceptors (Lipinski definition) is 3. The van der Waals surface area contributed by atoms with Gasteiger partial charge in [-0.2, -0.15) is 0 Å². The molecule has 1 aromatic carbocycles. The molecule has 1 heterocycles. The fourth-order valence-electron chi connectivity index (χ4n) is 2.80. The third-order valence-electron chi connectivity index (χ3n) is 4.15. The van der Waals surface area contributed by atoms with Gasteiger partial charge in [-0.15, -0.1) is 0 Å². The molecule has 1 aliphatic carbocycles. The molecule has 1 N–H and O–H groups in total. The van der Waals surface area contributed by atoms with Crippen LogP contribution in [0.2, 0.25) is 0 Å². The lowest BCUT2D eigenvalue weighted by Crippen LogP contribution is -2.17. The maximum absolute atomic E-state index is 4.92. The van der Waals surface area contributed by atoms with Crippen LogP contribution >= 0.6 is 22.6 Å². The molecule has 0 amide bonds. The van der Waals surface area contributed by atoms with E-state index < -0.39 is 0 Å². The predicted molar refractivity (Wildman–Crippen MR) is 94.7 cm³/mol. The summed E-state index contributed by atoms with van der Waals surface area (Å²) in [4.78, 5) is 9.74. The Bertz CT molecular complexity index is 636.